The Balaban J connectivity index is 2.63. The van der Waals surface area contributed by atoms with E-state index < -0.39 is 23.8 Å². The van der Waals surface area contributed by atoms with Gasteiger partial charge in [0.25, 0.3) is 0 Å². The van der Waals surface area contributed by atoms with Crippen molar-refractivity contribution >= 4 is 17.6 Å². The van der Waals surface area contributed by atoms with Crippen LogP contribution >= 0.6 is 11.6 Å². The fourth-order valence-electron chi connectivity index (χ4n) is 1.98. The highest BCUT2D eigenvalue weighted by Crippen LogP contribution is 2.29. The molecule has 3 nitrogen and oxygen atoms in total. The minimum absolute atomic E-state index is 0.263. The van der Waals surface area contributed by atoms with Gasteiger partial charge in [-0.05, 0) is 17.7 Å². The molecule has 0 saturated carbocycles. The lowest BCUT2D eigenvalue weighted by Crippen LogP contribution is -2.44. The van der Waals surface area contributed by atoms with Gasteiger partial charge in [-0.25, -0.2) is 4.39 Å². The summed E-state index contributed by atoms with van der Waals surface area (Å²) in [5.41, 5.74) is 0.269. The largest absolute Gasteiger partial charge is 0.390 e. The Morgan fingerprint density at radius 1 is 1.22 bits per heavy atom. The maximum Gasteiger partial charge on any atom is 0.390 e. The normalized spacial score (nSPS) is 13.1. The van der Waals surface area contributed by atoms with Gasteiger partial charge in [-0.15, -0.1) is 0 Å². The summed E-state index contributed by atoms with van der Waals surface area (Å²) in [6.45, 7) is 3.88. The molecule has 0 aliphatic rings. The van der Waals surface area contributed by atoms with E-state index in [1.54, 1.807) is 6.07 Å². The first-order valence-corrected chi connectivity index (χ1v) is 7.40. The van der Waals surface area contributed by atoms with Gasteiger partial charge < -0.3 is 10.6 Å². The molecular weight excluding hydrogens is 334 g/mol. The maximum absolute atomic E-state index is 13.1. The number of alkyl halides is 3. The lowest BCUT2D eigenvalue weighted by Gasteiger charge is -2.27. The zero-order valence-corrected chi connectivity index (χ0v) is 13.9. The van der Waals surface area contributed by atoms with Crippen molar-refractivity contribution in [2.24, 2.45) is 4.99 Å². The van der Waals surface area contributed by atoms with Crippen molar-refractivity contribution < 1.29 is 17.6 Å². The van der Waals surface area contributed by atoms with Crippen molar-refractivity contribution in [3.8, 4) is 0 Å². The number of rotatable bonds is 5. The van der Waals surface area contributed by atoms with E-state index in [4.69, 9.17) is 11.6 Å². The molecule has 8 heteroatoms. The Bertz CT molecular complexity index is 556. The predicted molar refractivity (Wildman–Crippen MR) is 84.5 cm³/mol. The van der Waals surface area contributed by atoms with Gasteiger partial charge in [0.15, 0.2) is 5.96 Å². The Hall–Kier alpha value is -1.50. The zero-order chi connectivity index (χ0) is 17.7. The topological polar surface area (TPSA) is 36.4 Å². The summed E-state index contributed by atoms with van der Waals surface area (Å²) < 4.78 is 49.5. The number of nitrogens with one attached hydrogen (secondary N) is 2. The van der Waals surface area contributed by atoms with E-state index in [-0.39, 0.29) is 12.5 Å². The van der Waals surface area contributed by atoms with E-state index in [0.717, 1.165) is 5.56 Å². The van der Waals surface area contributed by atoms with Crippen LogP contribution in [0.5, 0.6) is 0 Å². The molecule has 1 aromatic rings. The molecule has 0 atom stereocenters. The van der Waals surface area contributed by atoms with Gasteiger partial charge in [0, 0.05) is 30.6 Å². The number of benzene rings is 1. The van der Waals surface area contributed by atoms with Crippen LogP contribution in [0.15, 0.2) is 23.2 Å². The number of aliphatic imine (C=N–C) groups is 1. The Morgan fingerprint density at radius 2 is 1.87 bits per heavy atom. The van der Waals surface area contributed by atoms with Crippen molar-refractivity contribution in [1.82, 2.24) is 10.6 Å². The first-order valence-electron chi connectivity index (χ1n) is 7.02. The molecule has 0 aromatic heterocycles. The average Bonchev–Trinajstić information content (AvgIpc) is 2.40. The standard InChI is InChI=1S/C15H20ClF4N3/c1-14(2,11-5-4-10(17)8-12(11)16)9-23-13(21-3)22-7-6-15(18,19)20/h4-5,8H,6-7,9H2,1-3H3,(H2,21,22,23). The molecule has 0 aliphatic carbocycles. The first kappa shape index (κ1) is 19.5. The minimum atomic E-state index is -4.22. The number of halogens is 5. The second-order valence-corrected chi connectivity index (χ2v) is 6.13. The Kier molecular flexibility index (Phi) is 6.68. The molecule has 1 rings (SSSR count). The summed E-state index contributed by atoms with van der Waals surface area (Å²) in [5, 5.41) is 5.86. The van der Waals surface area contributed by atoms with Crippen molar-refractivity contribution in [1.29, 1.82) is 0 Å². The van der Waals surface area contributed by atoms with E-state index in [1.165, 1.54) is 19.2 Å². The summed E-state index contributed by atoms with van der Waals surface area (Å²) in [7, 11) is 1.47. The van der Waals surface area contributed by atoms with Crippen LogP contribution in [0.4, 0.5) is 17.6 Å². The van der Waals surface area contributed by atoms with Crippen molar-refractivity contribution in [3.05, 3.63) is 34.6 Å². The van der Waals surface area contributed by atoms with Crippen LogP contribution in [0.25, 0.3) is 0 Å². The van der Waals surface area contributed by atoms with E-state index in [2.05, 4.69) is 15.6 Å². The molecule has 0 radical (unpaired) electrons. The van der Waals surface area contributed by atoms with Crippen LogP contribution in [-0.4, -0.2) is 32.3 Å². The highest BCUT2D eigenvalue weighted by molar-refractivity contribution is 6.31. The molecule has 2 N–H and O–H groups in total. The third kappa shape index (κ3) is 6.64. The molecule has 0 bridgehead atoms. The third-order valence-electron chi connectivity index (χ3n) is 3.28. The number of guanidine groups is 1. The summed E-state index contributed by atoms with van der Waals surface area (Å²) in [5.74, 6) is -0.160. The Morgan fingerprint density at radius 3 is 2.39 bits per heavy atom. The summed E-state index contributed by atoms with van der Waals surface area (Å²) in [6, 6.07) is 4.15. The second-order valence-electron chi connectivity index (χ2n) is 5.73. The van der Waals surface area contributed by atoms with Gasteiger partial charge >= 0.3 is 6.18 Å². The van der Waals surface area contributed by atoms with E-state index in [1.807, 2.05) is 13.8 Å². The van der Waals surface area contributed by atoms with E-state index >= 15 is 0 Å². The number of hydrogen-bond donors (Lipinski definition) is 2. The zero-order valence-electron chi connectivity index (χ0n) is 13.2. The van der Waals surface area contributed by atoms with Crippen LogP contribution < -0.4 is 10.6 Å². The SMILES string of the molecule is CN=C(NCCC(F)(F)F)NCC(C)(C)c1ccc(F)cc1Cl. The number of nitrogens with zero attached hydrogens (tertiary/aromatic N) is 1. The third-order valence-corrected chi connectivity index (χ3v) is 3.60. The highest BCUT2D eigenvalue weighted by atomic mass is 35.5. The monoisotopic (exact) mass is 353 g/mol. The maximum atomic E-state index is 13.1. The molecule has 0 fully saturated rings. The minimum Gasteiger partial charge on any atom is -0.356 e. The van der Waals surface area contributed by atoms with Gasteiger partial charge in [-0.3, -0.25) is 4.99 Å². The van der Waals surface area contributed by atoms with Crippen LogP contribution in [0.3, 0.4) is 0 Å². The van der Waals surface area contributed by atoms with Crippen LogP contribution in [0.2, 0.25) is 5.02 Å². The summed E-state index contributed by atoms with van der Waals surface area (Å²) in [4.78, 5) is 3.87. The van der Waals surface area contributed by atoms with Crippen molar-refractivity contribution in [2.75, 3.05) is 20.1 Å². The fourth-order valence-corrected chi connectivity index (χ4v) is 2.40. The molecule has 0 spiro atoms. The lowest BCUT2D eigenvalue weighted by atomic mass is 9.84. The molecule has 0 unspecified atom stereocenters. The quantitative estimate of drug-likeness (QED) is 0.479. The lowest BCUT2D eigenvalue weighted by molar-refractivity contribution is -0.132. The van der Waals surface area contributed by atoms with Crippen LogP contribution in [-0.2, 0) is 5.41 Å². The van der Waals surface area contributed by atoms with Gasteiger partial charge in [-0.2, -0.15) is 13.2 Å². The molecule has 130 valence electrons. The molecule has 0 amide bonds. The smallest absolute Gasteiger partial charge is 0.356 e. The van der Waals surface area contributed by atoms with Gasteiger partial charge in [0.05, 0.1) is 6.42 Å². The Labute approximate surface area is 138 Å². The number of hydrogen-bond acceptors (Lipinski definition) is 1. The molecule has 0 aliphatic heterocycles. The van der Waals surface area contributed by atoms with Gasteiger partial charge in [-0.1, -0.05) is 31.5 Å². The highest BCUT2D eigenvalue weighted by Gasteiger charge is 2.27. The average molecular weight is 354 g/mol. The molecule has 0 heterocycles. The van der Waals surface area contributed by atoms with E-state index in [0.29, 0.717) is 11.6 Å². The first-order chi connectivity index (χ1) is 10.5. The molecule has 0 saturated heterocycles. The van der Waals surface area contributed by atoms with E-state index in [9.17, 15) is 17.6 Å². The molecule has 1 aromatic carbocycles. The second kappa shape index (κ2) is 7.86. The molecular formula is C15H20ClF4N3. The summed E-state index contributed by atoms with van der Waals surface area (Å²) in [6.07, 6.45) is -5.16. The fraction of sp³-hybridized carbons (Fsp3) is 0.533. The van der Waals surface area contributed by atoms with Gasteiger partial charge in [0.1, 0.15) is 5.82 Å². The van der Waals surface area contributed by atoms with Crippen LogP contribution in [0.1, 0.15) is 25.8 Å². The van der Waals surface area contributed by atoms with Crippen molar-refractivity contribution in [2.45, 2.75) is 31.9 Å². The summed E-state index contributed by atoms with van der Waals surface area (Å²) >= 11 is 6.06. The van der Waals surface area contributed by atoms with Gasteiger partial charge in [0.2, 0.25) is 0 Å². The molecule has 23 heavy (non-hydrogen) atoms. The predicted octanol–water partition coefficient (Wildman–Crippen LogP) is 3.87. The van der Waals surface area contributed by atoms with Crippen LogP contribution in [0, 0.1) is 5.82 Å². The van der Waals surface area contributed by atoms with Crippen molar-refractivity contribution in [3.63, 3.8) is 0 Å².